The Hall–Kier alpha value is -2.44. The van der Waals surface area contributed by atoms with E-state index >= 15 is 0 Å². The molecule has 0 aliphatic carbocycles. The molecule has 2 bridgehead atoms. The number of piperidine rings is 1. The second-order valence-corrected chi connectivity index (χ2v) is 11.1. The van der Waals surface area contributed by atoms with Crippen LogP contribution in [0.25, 0.3) is 0 Å². The van der Waals surface area contributed by atoms with Gasteiger partial charge in [0.05, 0.1) is 0 Å². The van der Waals surface area contributed by atoms with Crippen LogP contribution in [-0.2, 0) is 16.0 Å². The fraction of sp³-hybridized carbons (Fsp3) is 0.680. The standard InChI is InChI=1S/C25H39N3O4/c1-24(2,3)31-22(29)27(7)16-17-9-8-10-18(13-17)26-19-14-20-11-12-21(15-19)28(20)23(30)32-25(4,5)6/h8-10,13,19-21,26H,11-12,14-16H2,1-7H3. The molecule has 2 heterocycles. The molecule has 1 aromatic rings. The number of nitrogens with zero attached hydrogens (tertiary/aromatic N) is 2. The Morgan fingerprint density at radius 3 is 2.19 bits per heavy atom. The number of nitrogens with one attached hydrogen (secondary N) is 1. The van der Waals surface area contributed by atoms with E-state index in [0.717, 1.165) is 36.9 Å². The molecule has 178 valence electrons. The molecule has 2 saturated heterocycles. The summed E-state index contributed by atoms with van der Waals surface area (Å²) in [6.07, 6.45) is 3.37. The van der Waals surface area contributed by atoms with Crippen molar-refractivity contribution in [3.63, 3.8) is 0 Å². The lowest BCUT2D eigenvalue weighted by Crippen LogP contribution is -2.51. The summed E-state index contributed by atoms with van der Waals surface area (Å²) >= 11 is 0. The van der Waals surface area contributed by atoms with E-state index in [0.29, 0.717) is 12.6 Å². The van der Waals surface area contributed by atoms with E-state index in [1.807, 2.05) is 58.6 Å². The predicted octanol–water partition coefficient (Wildman–Crippen LogP) is 5.40. The van der Waals surface area contributed by atoms with Gasteiger partial charge in [0, 0.05) is 37.4 Å². The van der Waals surface area contributed by atoms with Crippen molar-refractivity contribution >= 4 is 17.9 Å². The molecule has 0 radical (unpaired) electrons. The van der Waals surface area contributed by atoms with Gasteiger partial charge in [-0.2, -0.15) is 0 Å². The van der Waals surface area contributed by atoms with Gasteiger partial charge in [0.2, 0.25) is 0 Å². The third kappa shape index (κ3) is 6.53. The van der Waals surface area contributed by atoms with Crippen molar-refractivity contribution in [1.82, 2.24) is 9.80 Å². The fourth-order valence-electron chi connectivity index (χ4n) is 4.58. The highest BCUT2D eigenvalue weighted by atomic mass is 16.6. The minimum atomic E-state index is -0.512. The molecule has 0 saturated carbocycles. The van der Waals surface area contributed by atoms with Crippen LogP contribution in [0.1, 0.15) is 72.8 Å². The summed E-state index contributed by atoms with van der Waals surface area (Å²) in [4.78, 5) is 28.5. The summed E-state index contributed by atoms with van der Waals surface area (Å²) in [7, 11) is 1.75. The zero-order valence-corrected chi connectivity index (χ0v) is 20.6. The van der Waals surface area contributed by atoms with E-state index in [1.54, 1.807) is 11.9 Å². The Bertz CT molecular complexity index is 813. The van der Waals surface area contributed by atoms with Crippen LogP contribution < -0.4 is 5.32 Å². The number of fused-ring (bicyclic) bond motifs is 2. The van der Waals surface area contributed by atoms with Gasteiger partial charge in [0.15, 0.2) is 0 Å². The highest BCUT2D eigenvalue weighted by Crippen LogP contribution is 2.38. The first kappa shape index (κ1) is 24.2. The van der Waals surface area contributed by atoms with E-state index in [9.17, 15) is 9.59 Å². The molecule has 2 amide bonds. The van der Waals surface area contributed by atoms with Gasteiger partial charge in [-0.1, -0.05) is 12.1 Å². The van der Waals surface area contributed by atoms with Gasteiger partial charge >= 0.3 is 12.2 Å². The Morgan fingerprint density at radius 2 is 1.62 bits per heavy atom. The molecule has 2 fully saturated rings. The van der Waals surface area contributed by atoms with Crippen LogP contribution in [-0.4, -0.2) is 58.4 Å². The number of carbonyl (C=O) groups excluding carboxylic acids is 2. The molecule has 0 aromatic heterocycles. The van der Waals surface area contributed by atoms with Crippen molar-refractivity contribution in [2.45, 2.75) is 103 Å². The zero-order chi connectivity index (χ0) is 23.7. The Kier molecular flexibility index (Phi) is 6.96. The number of benzene rings is 1. The Labute approximate surface area is 192 Å². The number of hydrogen-bond acceptors (Lipinski definition) is 5. The van der Waals surface area contributed by atoms with E-state index in [-0.39, 0.29) is 24.3 Å². The Balaban J connectivity index is 1.58. The molecule has 7 nitrogen and oxygen atoms in total. The van der Waals surface area contributed by atoms with Gasteiger partial charge in [-0.25, -0.2) is 9.59 Å². The fourth-order valence-corrected chi connectivity index (χ4v) is 4.58. The second kappa shape index (κ2) is 9.20. The SMILES string of the molecule is CN(Cc1cccc(NC2CC3CCC(C2)N3C(=O)OC(C)(C)C)c1)C(=O)OC(C)(C)C. The van der Waals surface area contributed by atoms with Crippen LogP contribution in [0.2, 0.25) is 0 Å². The van der Waals surface area contributed by atoms with Gasteiger partial charge in [0.25, 0.3) is 0 Å². The summed E-state index contributed by atoms with van der Waals surface area (Å²) in [5.41, 5.74) is 1.09. The van der Waals surface area contributed by atoms with Crippen LogP contribution in [0, 0.1) is 0 Å². The monoisotopic (exact) mass is 445 g/mol. The molecular formula is C25H39N3O4. The predicted molar refractivity (Wildman–Crippen MR) is 126 cm³/mol. The lowest BCUT2D eigenvalue weighted by Gasteiger charge is -2.40. The first-order chi connectivity index (χ1) is 14.8. The molecule has 2 atom stereocenters. The third-order valence-electron chi connectivity index (χ3n) is 5.76. The van der Waals surface area contributed by atoms with Gasteiger partial charge in [-0.05, 0) is 84.9 Å². The minimum Gasteiger partial charge on any atom is -0.444 e. The van der Waals surface area contributed by atoms with Gasteiger partial charge in [-0.3, -0.25) is 0 Å². The van der Waals surface area contributed by atoms with E-state index in [2.05, 4.69) is 17.4 Å². The molecule has 2 unspecified atom stereocenters. The molecule has 1 N–H and O–H groups in total. The van der Waals surface area contributed by atoms with Crippen LogP contribution in [0.15, 0.2) is 24.3 Å². The van der Waals surface area contributed by atoms with Crippen LogP contribution in [0.3, 0.4) is 0 Å². The van der Waals surface area contributed by atoms with Crippen molar-refractivity contribution < 1.29 is 19.1 Å². The molecule has 2 aliphatic rings. The van der Waals surface area contributed by atoms with Gasteiger partial charge in [-0.15, -0.1) is 0 Å². The van der Waals surface area contributed by atoms with Gasteiger partial charge in [0.1, 0.15) is 11.2 Å². The molecular weight excluding hydrogens is 406 g/mol. The zero-order valence-electron chi connectivity index (χ0n) is 20.6. The number of carbonyl (C=O) groups is 2. The van der Waals surface area contributed by atoms with Crippen molar-refractivity contribution in [3.05, 3.63) is 29.8 Å². The van der Waals surface area contributed by atoms with Crippen molar-refractivity contribution in [2.75, 3.05) is 12.4 Å². The topological polar surface area (TPSA) is 71.1 Å². The summed E-state index contributed by atoms with van der Waals surface area (Å²) in [5, 5.41) is 3.66. The maximum Gasteiger partial charge on any atom is 0.410 e. The molecule has 1 aromatic carbocycles. The lowest BCUT2D eigenvalue weighted by atomic mass is 9.97. The summed E-state index contributed by atoms with van der Waals surface area (Å²) in [6, 6.07) is 8.92. The average molecular weight is 446 g/mol. The number of ether oxygens (including phenoxy) is 2. The van der Waals surface area contributed by atoms with Crippen molar-refractivity contribution in [3.8, 4) is 0 Å². The number of hydrogen-bond donors (Lipinski definition) is 1. The third-order valence-corrected chi connectivity index (χ3v) is 5.76. The summed E-state index contributed by atoms with van der Waals surface area (Å²) in [5.74, 6) is 0. The largest absolute Gasteiger partial charge is 0.444 e. The molecule has 0 spiro atoms. The smallest absolute Gasteiger partial charge is 0.410 e. The minimum absolute atomic E-state index is 0.185. The maximum atomic E-state index is 12.7. The Morgan fingerprint density at radius 1 is 1.03 bits per heavy atom. The second-order valence-electron chi connectivity index (χ2n) is 11.1. The molecule has 3 rings (SSSR count). The van der Waals surface area contributed by atoms with Crippen LogP contribution in [0.5, 0.6) is 0 Å². The quantitative estimate of drug-likeness (QED) is 0.672. The molecule has 7 heteroatoms. The summed E-state index contributed by atoms with van der Waals surface area (Å²) in [6.45, 7) is 11.8. The molecule has 32 heavy (non-hydrogen) atoms. The normalized spacial score (nSPS) is 23.0. The first-order valence-electron chi connectivity index (χ1n) is 11.6. The first-order valence-corrected chi connectivity index (χ1v) is 11.6. The summed E-state index contributed by atoms with van der Waals surface area (Å²) < 4.78 is 11.1. The van der Waals surface area contributed by atoms with Crippen LogP contribution in [0.4, 0.5) is 15.3 Å². The molecule has 2 aliphatic heterocycles. The number of rotatable bonds is 4. The number of amides is 2. The number of anilines is 1. The lowest BCUT2D eigenvalue weighted by molar-refractivity contribution is 0.00677. The average Bonchev–Trinajstić information content (AvgIpc) is 2.90. The van der Waals surface area contributed by atoms with E-state index < -0.39 is 11.2 Å². The van der Waals surface area contributed by atoms with Crippen LogP contribution >= 0.6 is 0 Å². The van der Waals surface area contributed by atoms with Crippen molar-refractivity contribution in [2.24, 2.45) is 0 Å². The maximum absolute atomic E-state index is 12.7. The van der Waals surface area contributed by atoms with E-state index in [1.165, 1.54) is 0 Å². The highest BCUT2D eigenvalue weighted by Gasteiger charge is 2.44. The highest BCUT2D eigenvalue weighted by molar-refractivity contribution is 5.70. The van der Waals surface area contributed by atoms with Crippen molar-refractivity contribution in [1.29, 1.82) is 0 Å². The van der Waals surface area contributed by atoms with E-state index in [4.69, 9.17) is 9.47 Å². The van der Waals surface area contributed by atoms with Gasteiger partial charge < -0.3 is 24.6 Å².